The molecule has 2 heterocycles. The molecule has 116 valence electrons. The maximum atomic E-state index is 9.12. The maximum absolute atomic E-state index is 9.12. The van der Waals surface area contributed by atoms with Gasteiger partial charge in [0.25, 0.3) is 0 Å². The largest absolute Gasteiger partial charge is 0.484 e. The molecule has 0 aliphatic rings. The number of nitrogens with zero attached hydrogens (tertiary/aromatic N) is 2. The zero-order valence-corrected chi connectivity index (χ0v) is 13.5. The summed E-state index contributed by atoms with van der Waals surface area (Å²) in [5.74, 6) is 2.05. The second-order valence-corrected chi connectivity index (χ2v) is 5.49. The second kappa shape index (κ2) is 7.03. The van der Waals surface area contributed by atoms with E-state index in [0.29, 0.717) is 24.1 Å². The molecule has 0 aliphatic carbocycles. The van der Waals surface area contributed by atoms with Crippen molar-refractivity contribution in [2.45, 2.75) is 13.2 Å². The quantitative estimate of drug-likeness (QED) is 0.700. The summed E-state index contributed by atoms with van der Waals surface area (Å²) >= 11 is 3.36. The van der Waals surface area contributed by atoms with Gasteiger partial charge in [0.05, 0.1) is 12.8 Å². The predicted molar refractivity (Wildman–Crippen MR) is 85.7 cm³/mol. The first kappa shape index (κ1) is 15.2. The van der Waals surface area contributed by atoms with Crippen LogP contribution in [0.25, 0.3) is 0 Å². The molecule has 0 saturated carbocycles. The van der Waals surface area contributed by atoms with Crippen molar-refractivity contribution in [3.05, 3.63) is 64.5 Å². The van der Waals surface area contributed by atoms with Crippen molar-refractivity contribution in [1.29, 1.82) is 5.26 Å². The van der Waals surface area contributed by atoms with Gasteiger partial charge in [-0.05, 0) is 36.4 Å². The summed E-state index contributed by atoms with van der Waals surface area (Å²) in [6.07, 6.45) is 1.58. The van der Waals surface area contributed by atoms with E-state index in [1.54, 1.807) is 12.3 Å². The Balaban J connectivity index is 1.64. The van der Waals surface area contributed by atoms with E-state index >= 15 is 0 Å². The van der Waals surface area contributed by atoms with Crippen molar-refractivity contribution in [2.24, 2.45) is 0 Å². The summed E-state index contributed by atoms with van der Waals surface area (Å²) < 4.78 is 17.3. The second-order valence-electron chi connectivity index (χ2n) is 4.57. The Kier molecular flexibility index (Phi) is 4.64. The molecule has 0 fully saturated rings. The van der Waals surface area contributed by atoms with Gasteiger partial charge in [0.2, 0.25) is 17.5 Å². The maximum Gasteiger partial charge on any atom is 0.236 e. The van der Waals surface area contributed by atoms with E-state index in [1.165, 1.54) is 0 Å². The molecule has 3 rings (SSSR count). The molecule has 0 radical (unpaired) electrons. The molecule has 0 atom stereocenters. The molecule has 6 nitrogen and oxygen atoms in total. The Morgan fingerprint density at radius 3 is 2.78 bits per heavy atom. The first-order valence-electron chi connectivity index (χ1n) is 6.79. The van der Waals surface area contributed by atoms with Gasteiger partial charge in [0.15, 0.2) is 6.61 Å². The summed E-state index contributed by atoms with van der Waals surface area (Å²) in [7, 11) is 0. The Labute approximate surface area is 140 Å². The van der Waals surface area contributed by atoms with Crippen LogP contribution in [0.3, 0.4) is 0 Å². The SMILES string of the molecule is N#Cc1nc(COc2ccc(Br)cc2)oc1NCc1ccco1. The summed E-state index contributed by atoms with van der Waals surface area (Å²) in [5.41, 5.74) is 0.186. The Hall–Kier alpha value is -2.72. The molecule has 23 heavy (non-hydrogen) atoms. The summed E-state index contributed by atoms with van der Waals surface area (Å²) in [6, 6.07) is 13.0. The zero-order valence-electron chi connectivity index (χ0n) is 12.0. The smallest absolute Gasteiger partial charge is 0.236 e. The average Bonchev–Trinajstić information content (AvgIpc) is 3.21. The number of nitriles is 1. The van der Waals surface area contributed by atoms with Gasteiger partial charge < -0.3 is 18.9 Å². The van der Waals surface area contributed by atoms with Crippen molar-refractivity contribution >= 4 is 21.8 Å². The van der Waals surface area contributed by atoms with Crippen LogP contribution in [0.15, 0.2) is 56.0 Å². The lowest BCUT2D eigenvalue weighted by Gasteiger charge is -2.03. The minimum Gasteiger partial charge on any atom is -0.484 e. The van der Waals surface area contributed by atoms with Crippen LogP contribution in [0.2, 0.25) is 0 Å². The fourth-order valence-corrected chi connectivity index (χ4v) is 2.14. The van der Waals surface area contributed by atoms with E-state index in [1.807, 2.05) is 36.4 Å². The average molecular weight is 374 g/mol. The van der Waals surface area contributed by atoms with E-state index < -0.39 is 0 Å². The van der Waals surface area contributed by atoms with E-state index in [9.17, 15) is 0 Å². The van der Waals surface area contributed by atoms with Crippen LogP contribution < -0.4 is 10.1 Å². The molecule has 1 aromatic carbocycles. The van der Waals surface area contributed by atoms with Crippen molar-refractivity contribution in [3.63, 3.8) is 0 Å². The monoisotopic (exact) mass is 373 g/mol. The van der Waals surface area contributed by atoms with Crippen LogP contribution in [-0.2, 0) is 13.2 Å². The Morgan fingerprint density at radius 2 is 2.09 bits per heavy atom. The van der Waals surface area contributed by atoms with Crippen LogP contribution >= 0.6 is 15.9 Å². The molecule has 0 amide bonds. The van der Waals surface area contributed by atoms with E-state index in [-0.39, 0.29) is 12.3 Å². The third-order valence-electron chi connectivity index (χ3n) is 2.96. The zero-order chi connectivity index (χ0) is 16.1. The van der Waals surface area contributed by atoms with Gasteiger partial charge in [-0.1, -0.05) is 15.9 Å². The van der Waals surface area contributed by atoms with Gasteiger partial charge in [-0.3, -0.25) is 0 Å². The highest BCUT2D eigenvalue weighted by Gasteiger charge is 2.13. The molecule has 0 unspecified atom stereocenters. The predicted octanol–water partition coefficient (Wildman–Crippen LogP) is 4.09. The van der Waals surface area contributed by atoms with Crippen LogP contribution in [0.1, 0.15) is 17.3 Å². The van der Waals surface area contributed by atoms with Gasteiger partial charge in [0, 0.05) is 4.47 Å². The number of hydrogen-bond donors (Lipinski definition) is 1. The molecular weight excluding hydrogens is 362 g/mol. The van der Waals surface area contributed by atoms with Gasteiger partial charge in [-0.2, -0.15) is 10.2 Å². The number of halogens is 1. The highest BCUT2D eigenvalue weighted by atomic mass is 79.9. The molecule has 0 spiro atoms. The van der Waals surface area contributed by atoms with Crippen LogP contribution in [0.4, 0.5) is 5.88 Å². The first-order chi connectivity index (χ1) is 11.2. The summed E-state index contributed by atoms with van der Waals surface area (Å²) in [4.78, 5) is 4.11. The topological polar surface area (TPSA) is 84.2 Å². The number of oxazole rings is 1. The van der Waals surface area contributed by atoms with E-state index in [4.69, 9.17) is 18.8 Å². The summed E-state index contributed by atoms with van der Waals surface area (Å²) in [6.45, 7) is 0.544. The minimum absolute atomic E-state index is 0.138. The van der Waals surface area contributed by atoms with Crippen molar-refractivity contribution in [3.8, 4) is 11.8 Å². The molecular formula is C16H12BrN3O3. The van der Waals surface area contributed by atoms with E-state index in [0.717, 1.165) is 10.2 Å². The van der Waals surface area contributed by atoms with Gasteiger partial charge in [-0.15, -0.1) is 0 Å². The number of aromatic nitrogens is 1. The third-order valence-corrected chi connectivity index (χ3v) is 3.49. The van der Waals surface area contributed by atoms with Crippen LogP contribution in [-0.4, -0.2) is 4.98 Å². The lowest BCUT2D eigenvalue weighted by Crippen LogP contribution is -1.98. The lowest BCUT2D eigenvalue weighted by atomic mass is 10.3. The van der Waals surface area contributed by atoms with E-state index in [2.05, 4.69) is 26.2 Å². The number of nitrogens with one attached hydrogen (secondary N) is 1. The number of ether oxygens (including phenoxy) is 1. The Bertz CT molecular complexity index is 804. The van der Waals surface area contributed by atoms with Crippen molar-refractivity contribution in [2.75, 3.05) is 5.32 Å². The number of furan rings is 1. The lowest BCUT2D eigenvalue weighted by molar-refractivity contribution is 0.264. The molecule has 2 aromatic heterocycles. The highest BCUT2D eigenvalue weighted by molar-refractivity contribution is 9.10. The van der Waals surface area contributed by atoms with Gasteiger partial charge in [0.1, 0.15) is 17.6 Å². The molecule has 0 aliphatic heterocycles. The van der Waals surface area contributed by atoms with Crippen molar-refractivity contribution in [1.82, 2.24) is 4.98 Å². The molecule has 7 heteroatoms. The number of anilines is 1. The van der Waals surface area contributed by atoms with Crippen molar-refractivity contribution < 1.29 is 13.6 Å². The molecule has 0 bridgehead atoms. The molecule has 3 aromatic rings. The van der Waals surface area contributed by atoms with Crippen LogP contribution in [0, 0.1) is 11.3 Å². The van der Waals surface area contributed by atoms with Gasteiger partial charge >= 0.3 is 0 Å². The third kappa shape index (κ3) is 3.93. The normalized spacial score (nSPS) is 10.3. The number of hydrogen-bond acceptors (Lipinski definition) is 6. The fraction of sp³-hybridized carbons (Fsp3) is 0.125. The van der Waals surface area contributed by atoms with Crippen LogP contribution in [0.5, 0.6) is 5.75 Å². The minimum atomic E-state index is 0.138. The highest BCUT2D eigenvalue weighted by Crippen LogP contribution is 2.20. The number of benzene rings is 1. The fourth-order valence-electron chi connectivity index (χ4n) is 1.88. The number of rotatable bonds is 6. The van der Waals surface area contributed by atoms with Gasteiger partial charge in [-0.25, -0.2) is 0 Å². The first-order valence-corrected chi connectivity index (χ1v) is 7.58. The Morgan fingerprint density at radius 1 is 1.26 bits per heavy atom. The summed E-state index contributed by atoms with van der Waals surface area (Å²) in [5, 5.41) is 12.1. The molecule has 1 N–H and O–H groups in total. The molecule has 0 saturated heterocycles. The standard InChI is InChI=1S/C16H12BrN3O3/c17-11-3-5-12(6-4-11)22-10-15-20-14(8-18)16(23-15)19-9-13-2-1-7-21-13/h1-7,19H,9-10H2.